The van der Waals surface area contributed by atoms with Crippen LogP contribution in [0.3, 0.4) is 0 Å². The Morgan fingerprint density at radius 2 is 2.05 bits per heavy atom. The Bertz CT molecular complexity index is 574. The molecule has 1 fully saturated rings. The predicted molar refractivity (Wildman–Crippen MR) is 82.4 cm³/mol. The molecule has 2 rings (SSSR count). The summed E-state index contributed by atoms with van der Waals surface area (Å²) in [4.78, 5) is 4.20. The van der Waals surface area contributed by atoms with Crippen LogP contribution >= 0.6 is 0 Å². The van der Waals surface area contributed by atoms with E-state index in [0.717, 1.165) is 50.9 Å². The molecule has 21 heavy (non-hydrogen) atoms. The molecule has 1 aliphatic carbocycles. The highest BCUT2D eigenvalue weighted by Gasteiger charge is 2.36. The standard InChI is InChI=1S/C14H26N4O2S/c1-3-9-18-10-13(16-12(18)2)21(19,20)17-14(11-15)7-5-4-6-8-14/h10,17H,3-9,11,15H2,1-2H3. The number of aromatic nitrogens is 2. The largest absolute Gasteiger partial charge is 0.334 e. The number of nitrogens with two attached hydrogens (primary N) is 1. The van der Waals surface area contributed by atoms with Crippen molar-refractivity contribution in [2.24, 2.45) is 5.73 Å². The maximum atomic E-state index is 12.6. The molecule has 0 spiro atoms. The molecule has 0 unspecified atom stereocenters. The molecule has 6 nitrogen and oxygen atoms in total. The molecule has 0 aromatic carbocycles. The van der Waals surface area contributed by atoms with E-state index in [0.29, 0.717) is 6.54 Å². The third kappa shape index (κ3) is 3.64. The average Bonchev–Trinajstić information content (AvgIpc) is 2.82. The summed E-state index contributed by atoms with van der Waals surface area (Å²) in [5.74, 6) is 0.725. The van der Waals surface area contributed by atoms with E-state index in [1.54, 1.807) is 6.20 Å². The Hall–Kier alpha value is -0.920. The lowest BCUT2D eigenvalue weighted by atomic mass is 9.83. The number of imidazole rings is 1. The van der Waals surface area contributed by atoms with Crippen LogP contribution in [0.15, 0.2) is 11.2 Å². The Balaban J connectivity index is 2.23. The van der Waals surface area contributed by atoms with Gasteiger partial charge in [0.25, 0.3) is 10.0 Å². The minimum Gasteiger partial charge on any atom is -0.334 e. The highest BCUT2D eigenvalue weighted by atomic mass is 32.2. The van der Waals surface area contributed by atoms with Crippen molar-refractivity contribution in [2.45, 2.75) is 69.5 Å². The zero-order valence-electron chi connectivity index (χ0n) is 12.9. The molecular weight excluding hydrogens is 288 g/mol. The Morgan fingerprint density at radius 3 is 2.62 bits per heavy atom. The number of hydrogen-bond acceptors (Lipinski definition) is 4. The summed E-state index contributed by atoms with van der Waals surface area (Å²) in [7, 11) is -3.61. The summed E-state index contributed by atoms with van der Waals surface area (Å²) >= 11 is 0. The minimum absolute atomic E-state index is 0.104. The van der Waals surface area contributed by atoms with Crippen LogP contribution in [0.5, 0.6) is 0 Å². The van der Waals surface area contributed by atoms with E-state index in [9.17, 15) is 8.42 Å². The van der Waals surface area contributed by atoms with Gasteiger partial charge in [-0.25, -0.2) is 18.1 Å². The predicted octanol–water partition coefficient (Wildman–Crippen LogP) is 1.54. The van der Waals surface area contributed by atoms with Crippen molar-refractivity contribution in [1.29, 1.82) is 0 Å². The van der Waals surface area contributed by atoms with Crippen LogP contribution in [0.25, 0.3) is 0 Å². The zero-order valence-corrected chi connectivity index (χ0v) is 13.7. The van der Waals surface area contributed by atoms with Crippen molar-refractivity contribution in [2.75, 3.05) is 6.54 Å². The SMILES string of the molecule is CCCn1cc(S(=O)(=O)NC2(CN)CCCCC2)nc1C. The van der Waals surface area contributed by atoms with Gasteiger partial charge in [0, 0.05) is 24.8 Å². The van der Waals surface area contributed by atoms with Gasteiger partial charge < -0.3 is 10.3 Å². The van der Waals surface area contributed by atoms with E-state index in [4.69, 9.17) is 5.73 Å². The van der Waals surface area contributed by atoms with Gasteiger partial charge >= 0.3 is 0 Å². The first-order valence-electron chi connectivity index (χ1n) is 7.70. The first-order chi connectivity index (χ1) is 9.92. The van der Waals surface area contributed by atoms with Gasteiger partial charge in [0.15, 0.2) is 5.03 Å². The average molecular weight is 314 g/mol. The van der Waals surface area contributed by atoms with Gasteiger partial charge in [0.05, 0.1) is 0 Å². The lowest BCUT2D eigenvalue weighted by Gasteiger charge is -2.36. The van der Waals surface area contributed by atoms with E-state index < -0.39 is 15.6 Å². The molecule has 3 N–H and O–H groups in total. The molecule has 1 saturated carbocycles. The van der Waals surface area contributed by atoms with Crippen molar-refractivity contribution in [1.82, 2.24) is 14.3 Å². The van der Waals surface area contributed by atoms with Crippen LogP contribution in [0.1, 0.15) is 51.3 Å². The van der Waals surface area contributed by atoms with Crippen LogP contribution in [-0.4, -0.2) is 30.1 Å². The molecular formula is C14H26N4O2S. The first-order valence-corrected chi connectivity index (χ1v) is 9.18. The third-order valence-electron chi connectivity index (χ3n) is 4.25. The van der Waals surface area contributed by atoms with Crippen LogP contribution in [0.2, 0.25) is 0 Å². The Labute approximate surface area is 127 Å². The lowest BCUT2D eigenvalue weighted by molar-refractivity contribution is 0.276. The minimum atomic E-state index is -3.61. The molecule has 1 heterocycles. The van der Waals surface area contributed by atoms with Crippen LogP contribution in [0.4, 0.5) is 0 Å². The number of hydrogen-bond donors (Lipinski definition) is 2. The van der Waals surface area contributed by atoms with Crippen molar-refractivity contribution in [3.63, 3.8) is 0 Å². The molecule has 1 aromatic heterocycles. The fraction of sp³-hybridized carbons (Fsp3) is 0.786. The van der Waals surface area contributed by atoms with E-state index in [-0.39, 0.29) is 5.03 Å². The van der Waals surface area contributed by atoms with Crippen molar-refractivity contribution >= 4 is 10.0 Å². The van der Waals surface area contributed by atoms with E-state index in [1.807, 2.05) is 11.5 Å². The number of sulfonamides is 1. The van der Waals surface area contributed by atoms with Gasteiger partial charge in [-0.1, -0.05) is 26.2 Å². The highest BCUT2D eigenvalue weighted by molar-refractivity contribution is 7.89. The molecule has 7 heteroatoms. The number of rotatable bonds is 6. The summed E-state index contributed by atoms with van der Waals surface area (Å²) in [6.45, 7) is 4.99. The second-order valence-electron chi connectivity index (χ2n) is 5.97. The van der Waals surface area contributed by atoms with Gasteiger partial charge in [-0.2, -0.15) is 0 Å². The molecule has 0 amide bonds. The monoisotopic (exact) mass is 314 g/mol. The number of nitrogens with one attached hydrogen (secondary N) is 1. The van der Waals surface area contributed by atoms with Crippen molar-refractivity contribution < 1.29 is 8.42 Å². The third-order valence-corrected chi connectivity index (χ3v) is 5.70. The molecule has 0 bridgehead atoms. The zero-order chi connectivity index (χ0) is 15.5. The molecule has 120 valence electrons. The van der Waals surface area contributed by atoms with Crippen molar-refractivity contribution in [3.05, 3.63) is 12.0 Å². The van der Waals surface area contributed by atoms with Crippen molar-refractivity contribution in [3.8, 4) is 0 Å². The number of nitrogens with zero attached hydrogens (tertiary/aromatic N) is 2. The lowest BCUT2D eigenvalue weighted by Crippen LogP contribution is -2.54. The highest BCUT2D eigenvalue weighted by Crippen LogP contribution is 2.29. The quantitative estimate of drug-likeness (QED) is 0.833. The molecule has 0 saturated heterocycles. The topological polar surface area (TPSA) is 90.0 Å². The smallest absolute Gasteiger partial charge is 0.260 e. The molecule has 0 aliphatic heterocycles. The summed E-state index contributed by atoms with van der Waals surface area (Å²) in [5.41, 5.74) is 5.35. The first kappa shape index (κ1) is 16.5. The van der Waals surface area contributed by atoms with Gasteiger partial charge in [-0.05, 0) is 26.2 Å². The fourth-order valence-corrected chi connectivity index (χ4v) is 4.47. The van der Waals surface area contributed by atoms with Gasteiger partial charge in [0.1, 0.15) is 5.82 Å². The Morgan fingerprint density at radius 1 is 1.38 bits per heavy atom. The molecule has 0 radical (unpaired) electrons. The van der Waals surface area contributed by atoms with Gasteiger partial charge in [-0.15, -0.1) is 0 Å². The van der Waals surface area contributed by atoms with Crippen LogP contribution in [0, 0.1) is 6.92 Å². The second-order valence-corrected chi connectivity index (χ2v) is 7.60. The second kappa shape index (κ2) is 6.46. The number of aryl methyl sites for hydroxylation is 2. The summed E-state index contributed by atoms with van der Waals surface area (Å²) < 4.78 is 29.9. The van der Waals surface area contributed by atoms with Gasteiger partial charge in [-0.3, -0.25) is 0 Å². The van der Waals surface area contributed by atoms with E-state index >= 15 is 0 Å². The van der Waals surface area contributed by atoms with E-state index in [2.05, 4.69) is 16.6 Å². The fourth-order valence-electron chi connectivity index (χ4n) is 2.99. The summed E-state index contributed by atoms with van der Waals surface area (Å²) in [5, 5.41) is 0.104. The normalized spacial score (nSPS) is 18.8. The molecule has 1 aliphatic rings. The van der Waals surface area contributed by atoms with E-state index in [1.165, 1.54) is 0 Å². The molecule has 0 atom stereocenters. The summed E-state index contributed by atoms with van der Waals surface area (Å²) in [6.07, 6.45) is 7.35. The van der Waals surface area contributed by atoms with Gasteiger partial charge in [0.2, 0.25) is 0 Å². The maximum absolute atomic E-state index is 12.6. The molecule has 1 aromatic rings. The Kier molecular flexibility index (Phi) is 5.06. The van der Waals surface area contributed by atoms with Crippen LogP contribution in [-0.2, 0) is 16.6 Å². The summed E-state index contributed by atoms with van der Waals surface area (Å²) in [6, 6.07) is 0. The maximum Gasteiger partial charge on any atom is 0.260 e. The van der Waals surface area contributed by atoms with Crippen LogP contribution < -0.4 is 10.5 Å².